The van der Waals surface area contributed by atoms with E-state index in [1.807, 2.05) is 11.9 Å². The van der Waals surface area contributed by atoms with Crippen LogP contribution in [-0.4, -0.2) is 17.9 Å². The van der Waals surface area contributed by atoms with Gasteiger partial charge in [0.05, 0.1) is 6.04 Å². The average molecular weight is 217 g/mol. The Morgan fingerprint density at radius 1 is 1.31 bits per heavy atom. The molecule has 1 fully saturated rings. The topological polar surface area (TPSA) is 20.3 Å². The summed E-state index contributed by atoms with van der Waals surface area (Å²) >= 11 is 0. The van der Waals surface area contributed by atoms with Crippen molar-refractivity contribution in [1.29, 1.82) is 0 Å². The molecule has 1 atom stereocenters. The Bertz CT molecular complexity index is 378. The van der Waals surface area contributed by atoms with Crippen LogP contribution in [0, 0.1) is 12.8 Å². The van der Waals surface area contributed by atoms with Crippen LogP contribution in [0.2, 0.25) is 0 Å². The third-order valence-electron chi connectivity index (χ3n) is 3.41. The van der Waals surface area contributed by atoms with E-state index in [1.165, 1.54) is 11.1 Å². The predicted octanol–water partition coefficient (Wildman–Crippen LogP) is 2.92. The van der Waals surface area contributed by atoms with E-state index in [2.05, 4.69) is 38.1 Å². The normalized spacial score (nSPS) is 16.9. The Balaban J connectivity index is 2.08. The number of hydrogen-bond donors (Lipinski definition) is 0. The SMILES string of the molecule is Cc1ccc(C(C)N(C)C(=O)C2CC2)cc1. The van der Waals surface area contributed by atoms with Gasteiger partial charge >= 0.3 is 0 Å². The van der Waals surface area contributed by atoms with E-state index in [-0.39, 0.29) is 6.04 Å². The maximum absolute atomic E-state index is 11.9. The second-order valence-corrected chi connectivity index (χ2v) is 4.81. The monoisotopic (exact) mass is 217 g/mol. The molecule has 1 unspecified atom stereocenters. The lowest BCUT2D eigenvalue weighted by Gasteiger charge is -2.25. The summed E-state index contributed by atoms with van der Waals surface area (Å²) < 4.78 is 0. The quantitative estimate of drug-likeness (QED) is 0.762. The second-order valence-electron chi connectivity index (χ2n) is 4.81. The van der Waals surface area contributed by atoms with E-state index in [0.29, 0.717) is 11.8 Å². The van der Waals surface area contributed by atoms with Crippen LogP contribution in [0.15, 0.2) is 24.3 Å². The fourth-order valence-corrected chi connectivity index (χ4v) is 1.88. The van der Waals surface area contributed by atoms with Gasteiger partial charge in [-0.1, -0.05) is 29.8 Å². The number of carbonyl (C=O) groups excluding carboxylic acids is 1. The van der Waals surface area contributed by atoms with Crippen LogP contribution >= 0.6 is 0 Å². The zero-order valence-corrected chi connectivity index (χ0v) is 10.2. The van der Waals surface area contributed by atoms with Gasteiger partial charge in [0, 0.05) is 13.0 Å². The molecule has 0 aromatic heterocycles. The third kappa shape index (κ3) is 2.26. The first-order valence-corrected chi connectivity index (χ1v) is 5.93. The molecule has 1 amide bonds. The van der Waals surface area contributed by atoms with E-state index in [0.717, 1.165) is 12.8 Å². The Labute approximate surface area is 97.3 Å². The summed E-state index contributed by atoms with van der Waals surface area (Å²) in [5, 5.41) is 0. The summed E-state index contributed by atoms with van der Waals surface area (Å²) in [6.07, 6.45) is 2.15. The number of aryl methyl sites for hydroxylation is 1. The van der Waals surface area contributed by atoms with Crippen LogP contribution in [0.25, 0.3) is 0 Å². The van der Waals surface area contributed by atoms with Crippen LogP contribution in [0.1, 0.15) is 36.9 Å². The fourth-order valence-electron chi connectivity index (χ4n) is 1.88. The summed E-state index contributed by atoms with van der Waals surface area (Å²) in [4.78, 5) is 13.8. The first-order valence-electron chi connectivity index (χ1n) is 5.93. The Hall–Kier alpha value is -1.31. The average Bonchev–Trinajstić information content (AvgIpc) is 3.11. The highest BCUT2D eigenvalue weighted by Crippen LogP contribution is 2.33. The predicted molar refractivity (Wildman–Crippen MR) is 65.1 cm³/mol. The number of hydrogen-bond acceptors (Lipinski definition) is 1. The van der Waals surface area contributed by atoms with Crippen LogP contribution in [0.4, 0.5) is 0 Å². The number of rotatable bonds is 3. The van der Waals surface area contributed by atoms with Gasteiger partial charge in [-0.25, -0.2) is 0 Å². The highest BCUT2D eigenvalue weighted by Gasteiger charge is 2.33. The molecule has 2 rings (SSSR count). The highest BCUT2D eigenvalue weighted by molar-refractivity contribution is 5.81. The standard InChI is InChI=1S/C14H19NO/c1-10-4-6-12(7-5-10)11(2)15(3)14(16)13-8-9-13/h4-7,11,13H,8-9H2,1-3H3. The number of nitrogens with zero attached hydrogens (tertiary/aromatic N) is 1. The Kier molecular flexibility index (Phi) is 2.99. The summed E-state index contributed by atoms with van der Waals surface area (Å²) in [7, 11) is 1.91. The maximum atomic E-state index is 11.9. The lowest BCUT2D eigenvalue weighted by atomic mass is 10.1. The first kappa shape index (κ1) is 11.2. The molecule has 0 saturated heterocycles. The van der Waals surface area contributed by atoms with Crippen LogP contribution in [0.5, 0.6) is 0 Å². The molecular weight excluding hydrogens is 198 g/mol. The van der Waals surface area contributed by atoms with Crippen molar-refractivity contribution in [3.05, 3.63) is 35.4 Å². The summed E-state index contributed by atoms with van der Waals surface area (Å²) in [6, 6.07) is 8.59. The van der Waals surface area contributed by atoms with Gasteiger partial charge in [-0.2, -0.15) is 0 Å². The van der Waals surface area contributed by atoms with E-state index in [4.69, 9.17) is 0 Å². The van der Waals surface area contributed by atoms with Gasteiger partial charge in [0.15, 0.2) is 0 Å². The molecule has 1 aromatic carbocycles. The summed E-state index contributed by atoms with van der Waals surface area (Å²) in [5.41, 5.74) is 2.47. The van der Waals surface area contributed by atoms with Crippen molar-refractivity contribution in [1.82, 2.24) is 4.90 Å². The molecule has 1 aromatic rings. The molecule has 0 bridgehead atoms. The molecular formula is C14H19NO. The number of benzene rings is 1. The smallest absolute Gasteiger partial charge is 0.225 e. The number of carbonyl (C=O) groups is 1. The van der Waals surface area contributed by atoms with E-state index in [1.54, 1.807) is 0 Å². The molecule has 1 aliphatic rings. The molecule has 0 radical (unpaired) electrons. The van der Waals surface area contributed by atoms with Gasteiger partial charge < -0.3 is 4.90 Å². The van der Waals surface area contributed by atoms with Crippen molar-refractivity contribution >= 4 is 5.91 Å². The van der Waals surface area contributed by atoms with Gasteiger partial charge in [-0.15, -0.1) is 0 Å². The molecule has 16 heavy (non-hydrogen) atoms. The Morgan fingerprint density at radius 3 is 2.38 bits per heavy atom. The minimum Gasteiger partial charge on any atom is -0.339 e. The van der Waals surface area contributed by atoms with Crippen LogP contribution < -0.4 is 0 Å². The van der Waals surface area contributed by atoms with Crippen LogP contribution in [0.3, 0.4) is 0 Å². The van der Waals surface area contributed by atoms with Crippen molar-refractivity contribution in [2.24, 2.45) is 5.92 Å². The molecule has 2 nitrogen and oxygen atoms in total. The van der Waals surface area contributed by atoms with Crippen molar-refractivity contribution in [2.45, 2.75) is 32.7 Å². The van der Waals surface area contributed by atoms with Gasteiger partial charge in [0.1, 0.15) is 0 Å². The van der Waals surface area contributed by atoms with Gasteiger partial charge in [-0.3, -0.25) is 4.79 Å². The molecule has 2 heteroatoms. The third-order valence-corrected chi connectivity index (χ3v) is 3.41. The lowest BCUT2D eigenvalue weighted by molar-refractivity contribution is -0.133. The minimum absolute atomic E-state index is 0.175. The lowest BCUT2D eigenvalue weighted by Crippen LogP contribution is -2.30. The summed E-state index contributed by atoms with van der Waals surface area (Å²) in [6.45, 7) is 4.17. The molecule has 0 N–H and O–H groups in total. The second kappa shape index (κ2) is 4.28. The van der Waals surface area contributed by atoms with E-state index < -0.39 is 0 Å². The molecule has 0 heterocycles. The van der Waals surface area contributed by atoms with E-state index in [9.17, 15) is 4.79 Å². The maximum Gasteiger partial charge on any atom is 0.225 e. The first-order chi connectivity index (χ1) is 7.59. The van der Waals surface area contributed by atoms with Gasteiger partial charge in [0.2, 0.25) is 5.91 Å². The van der Waals surface area contributed by atoms with Crippen molar-refractivity contribution in [3.63, 3.8) is 0 Å². The van der Waals surface area contributed by atoms with Gasteiger partial charge in [0.25, 0.3) is 0 Å². The fraction of sp³-hybridized carbons (Fsp3) is 0.500. The zero-order valence-electron chi connectivity index (χ0n) is 10.2. The molecule has 1 saturated carbocycles. The van der Waals surface area contributed by atoms with Crippen molar-refractivity contribution < 1.29 is 4.79 Å². The largest absolute Gasteiger partial charge is 0.339 e. The van der Waals surface area contributed by atoms with Crippen molar-refractivity contribution in [3.8, 4) is 0 Å². The van der Waals surface area contributed by atoms with Crippen molar-refractivity contribution in [2.75, 3.05) is 7.05 Å². The highest BCUT2D eigenvalue weighted by atomic mass is 16.2. The molecule has 0 aliphatic heterocycles. The molecule has 0 spiro atoms. The molecule has 86 valence electrons. The minimum atomic E-state index is 0.175. The van der Waals surface area contributed by atoms with Gasteiger partial charge in [-0.05, 0) is 32.3 Å². The van der Waals surface area contributed by atoms with Crippen LogP contribution in [-0.2, 0) is 4.79 Å². The molecule has 1 aliphatic carbocycles. The Morgan fingerprint density at radius 2 is 1.88 bits per heavy atom. The number of amides is 1. The zero-order chi connectivity index (χ0) is 11.7. The summed E-state index contributed by atoms with van der Waals surface area (Å²) in [5.74, 6) is 0.603. The van der Waals surface area contributed by atoms with E-state index >= 15 is 0 Å².